The van der Waals surface area contributed by atoms with Gasteiger partial charge < -0.3 is 15.3 Å². The van der Waals surface area contributed by atoms with Crippen molar-refractivity contribution in [1.29, 1.82) is 0 Å². The van der Waals surface area contributed by atoms with Gasteiger partial charge in [0.2, 0.25) is 0 Å². The number of carboxylic acid groups (broad SMARTS) is 1. The van der Waals surface area contributed by atoms with E-state index in [1.165, 1.54) is 6.07 Å². The average Bonchev–Trinajstić information content (AvgIpc) is 2.89. The van der Waals surface area contributed by atoms with Gasteiger partial charge in [-0.15, -0.1) is 0 Å². The number of fused-ring (bicyclic) bond motifs is 1. The predicted molar refractivity (Wildman–Crippen MR) is 84.0 cm³/mol. The van der Waals surface area contributed by atoms with Gasteiger partial charge in [0.25, 0.3) is 0 Å². The lowest BCUT2D eigenvalue weighted by Crippen LogP contribution is -2.33. The molecule has 3 rings (SSSR count). The molecule has 0 fully saturated rings. The molecule has 2 aliphatic heterocycles. The maximum Gasteiger partial charge on any atom is 0.337 e. The zero-order valence-corrected chi connectivity index (χ0v) is 12.1. The Morgan fingerprint density at radius 3 is 2.95 bits per heavy atom. The topological polar surface area (TPSA) is 52.6 Å². The fraction of sp³-hybridized carbons (Fsp3) is 0.133. The van der Waals surface area contributed by atoms with E-state index in [1.807, 2.05) is 20.3 Å². The van der Waals surface area contributed by atoms with Crippen molar-refractivity contribution < 1.29 is 9.90 Å². The van der Waals surface area contributed by atoms with Crippen LogP contribution in [0.4, 0.5) is 0 Å². The van der Waals surface area contributed by atoms with Gasteiger partial charge in [0.1, 0.15) is 13.4 Å². The van der Waals surface area contributed by atoms with Crippen LogP contribution in [-0.2, 0) is 0 Å². The summed E-state index contributed by atoms with van der Waals surface area (Å²) in [5, 5.41) is 12.5. The van der Waals surface area contributed by atoms with Crippen LogP contribution in [-0.4, -0.2) is 29.4 Å². The molecule has 0 bridgehead atoms. The monoisotopic (exact) mass is 299 g/mol. The Balaban J connectivity index is 1.95. The maximum absolute atomic E-state index is 11.0. The van der Waals surface area contributed by atoms with Crippen molar-refractivity contribution in [2.45, 2.75) is 13.0 Å². The summed E-state index contributed by atoms with van der Waals surface area (Å²) in [7, 11) is 2.03. The second-order valence-corrected chi connectivity index (χ2v) is 5.23. The first kappa shape index (κ1) is 13.8. The highest BCUT2D eigenvalue weighted by Crippen LogP contribution is 2.31. The van der Waals surface area contributed by atoms with Gasteiger partial charge in [-0.3, -0.25) is 0 Å². The van der Waals surface area contributed by atoms with Crippen LogP contribution in [0.3, 0.4) is 0 Å². The second-order valence-electron chi connectivity index (χ2n) is 4.83. The first-order valence-electron chi connectivity index (χ1n) is 6.57. The molecule has 4 nitrogen and oxygen atoms in total. The number of nitrogens with one attached hydrogen (secondary N) is 1. The highest BCUT2D eigenvalue weighted by atomic mass is 35.5. The third kappa shape index (κ3) is 2.45. The fourth-order valence-electron chi connectivity index (χ4n) is 2.42. The van der Waals surface area contributed by atoms with Gasteiger partial charge in [-0.2, -0.15) is 0 Å². The third-order valence-electron chi connectivity index (χ3n) is 3.56. The summed E-state index contributed by atoms with van der Waals surface area (Å²) in [5.74, 6) is -1.02. The van der Waals surface area contributed by atoms with E-state index in [-0.39, 0.29) is 16.8 Å². The first-order valence-corrected chi connectivity index (χ1v) is 6.95. The van der Waals surface area contributed by atoms with Crippen LogP contribution in [0.5, 0.6) is 0 Å². The average molecular weight is 300 g/mol. The molecule has 21 heavy (non-hydrogen) atoms. The summed E-state index contributed by atoms with van der Waals surface area (Å²) in [4.78, 5) is 13.1. The number of carboxylic acids is 1. The molecule has 0 amide bonds. The van der Waals surface area contributed by atoms with Gasteiger partial charge in [-0.25, -0.2) is 4.79 Å². The summed E-state index contributed by atoms with van der Waals surface area (Å²) in [5.41, 5.74) is 3.07. The van der Waals surface area contributed by atoms with Crippen molar-refractivity contribution in [3.05, 3.63) is 64.4 Å². The standard InChI is InChI=1S/C15H13BClN2O2/c1-16-10-3-5-14-18-7-13(19(14)8-10)9-2-4-11(15(20)21)12(17)6-9/h2-8,14,18H,1H3,(H,20,21). The molecule has 2 aliphatic rings. The van der Waals surface area contributed by atoms with Gasteiger partial charge >= 0.3 is 5.97 Å². The number of benzene rings is 1. The minimum Gasteiger partial charge on any atom is -0.478 e. The first-order chi connectivity index (χ1) is 10.1. The van der Waals surface area contributed by atoms with Gasteiger partial charge in [0, 0.05) is 18.0 Å². The molecule has 0 saturated carbocycles. The molecule has 0 aromatic heterocycles. The molecule has 2 heterocycles. The minimum atomic E-state index is -1.02. The van der Waals surface area contributed by atoms with Crippen molar-refractivity contribution in [2.75, 3.05) is 0 Å². The van der Waals surface area contributed by atoms with Crippen LogP contribution in [0.15, 0.2) is 48.2 Å². The highest BCUT2D eigenvalue weighted by Gasteiger charge is 2.26. The van der Waals surface area contributed by atoms with E-state index in [0.717, 1.165) is 16.7 Å². The molecular formula is C15H13BClN2O2. The summed E-state index contributed by atoms with van der Waals surface area (Å²) in [6, 6.07) is 4.99. The fourth-order valence-corrected chi connectivity index (χ4v) is 2.69. The number of hydrogen-bond donors (Lipinski definition) is 2. The van der Waals surface area contributed by atoms with Crippen molar-refractivity contribution >= 4 is 30.5 Å². The van der Waals surface area contributed by atoms with Crippen LogP contribution in [0, 0.1) is 0 Å². The van der Waals surface area contributed by atoms with E-state index < -0.39 is 5.97 Å². The summed E-state index contributed by atoms with van der Waals surface area (Å²) in [6.45, 7) is 1.99. The van der Waals surface area contributed by atoms with E-state index in [1.54, 1.807) is 12.1 Å². The SMILES string of the molecule is C[B]C1=CN2C(c3ccc(C(=O)O)c(Cl)c3)=CNC2C=C1. The molecule has 1 radical (unpaired) electrons. The van der Waals surface area contributed by atoms with E-state index in [2.05, 4.69) is 28.6 Å². The lowest BCUT2D eigenvalue weighted by Gasteiger charge is -2.27. The van der Waals surface area contributed by atoms with Crippen molar-refractivity contribution in [1.82, 2.24) is 10.2 Å². The molecule has 1 aromatic rings. The van der Waals surface area contributed by atoms with Crippen molar-refractivity contribution in [3.63, 3.8) is 0 Å². The van der Waals surface area contributed by atoms with Crippen LogP contribution >= 0.6 is 11.6 Å². The van der Waals surface area contributed by atoms with Crippen LogP contribution < -0.4 is 5.32 Å². The molecule has 0 aliphatic carbocycles. The Bertz CT molecular complexity index is 697. The zero-order chi connectivity index (χ0) is 15.0. The number of hydrogen-bond acceptors (Lipinski definition) is 3. The summed E-state index contributed by atoms with van der Waals surface area (Å²) >= 11 is 6.05. The summed E-state index contributed by atoms with van der Waals surface area (Å²) in [6.07, 6.45) is 8.19. The minimum absolute atomic E-state index is 0.0848. The molecule has 0 spiro atoms. The zero-order valence-electron chi connectivity index (χ0n) is 11.4. The molecule has 6 heteroatoms. The number of halogens is 1. The molecular weight excluding hydrogens is 286 g/mol. The van der Waals surface area contributed by atoms with Gasteiger partial charge in [0.15, 0.2) is 0 Å². The van der Waals surface area contributed by atoms with Crippen LogP contribution in [0.2, 0.25) is 11.8 Å². The maximum atomic E-state index is 11.0. The Morgan fingerprint density at radius 2 is 2.29 bits per heavy atom. The molecule has 0 saturated heterocycles. The lowest BCUT2D eigenvalue weighted by atomic mass is 9.72. The summed E-state index contributed by atoms with van der Waals surface area (Å²) < 4.78 is 0. The van der Waals surface area contributed by atoms with Gasteiger partial charge in [-0.1, -0.05) is 36.0 Å². The van der Waals surface area contributed by atoms with E-state index in [4.69, 9.17) is 16.7 Å². The van der Waals surface area contributed by atoms with E-state index in [9.17, 15) is 4.79 Å². The number of nitrogens with zero attached hydrogens (tertiary/aromatic N) is 1. The highest BCUT2D eigenvalue weighted by molar-refractivity contribution is 6.44. The van der Waals surface area contributed by atoms with E-state index >= 15 is 0 Å². The quantitative estimate of drug-likeness (QED) is 0.843. The largest absolute Gasteiger partial charge is 0.478 e. The number of allylic oxidation sites excluding steroid dienone is 2. The number of aromatic carboxylic acids is 1. The van der Waals surface area contributed by atoms with E-state index in [0.29, 0.717) is 0 Å². The Labute approximate surface area is 128 Å². The molecule has 1 atom stereocenters. The van der Waals surface area contributed by atoms with Crippen LogP contribution in [0.25, 0.3) is 5.70 Å². The normalized spacial score (nSPS) is 19.5. The lowest BCUT2D eigenvalue weighted by molar-refractivity contribution is 0.0697. The smallest absolute Gasteiger partial charge is 0.337 e. The Morgan fingerprint density at radius 1 is 1.48 bits per heavy atom. The molecule has 2 N–H and O–H groups in total. The second kappa shape index (κ2) is 5.33. The van der Waals surface area contributed by atoms with Crippen molar-refractivity contribution in [3.8, 4) is 0 Å². The predicted octanol–water partition coefficient (Wildman–Crippen LogP) is 2.73. The Kier molecular flexibility index (Phi) is 3.51. The van der Waals surface area contributed by atoms with Crippen LogP contribution in [0.1, 0.15) is 15.9 Å². The Hall–Kier alpha value is -2.14. The molecule has 105 valence electrons. The molecule has 1 aromatic carbocycles. The van der Waals surface area contributed by atoms with Crippen molar-refractivity contribution in [2.24, 2.45) is 0 Å². The third-order valence-corrected chi connectivity index (χ3v) is 3.87. The molecule has 1 unspecified atom stereocenters. The van der Waals surface area contributed by atoms with Gasteiger partial charge in [0.05, 0.1) is 16.3 Å². The number of carbonyl (C=O) groups is 1. The van der Waals surface area contributed by atoms with Gasteiger partial charge in [-0.05, 0) is 18.2 Å². The number of rotatable bonds is 3.